The zero-order valence-electron chi connectivity index (χ0n) is 9.76. The van der Waals surface area contributed by atoms with Gasteiger partial charge in [-0.25, -0.2) is 15.0 Å². The van der Waals surface area contributed by atoms with Gasteiger partial charge in [-0.15, -0.1) is 0 Å². The van der Waals surface area contributed by atoms with Crippen molar-refractivity contribution in [2.24, 2.45) is 0 Å². The molecule has 0 bridgehead atoms. The fourth-order valence-electron chi connectivity index (χ4n) is 2.12. The van der Waals surface area contributed by atoms with E-state index >= 15 is 0 Å². The second kappa shape index (κ2) is 4.38. The van der Waals surface area contributed by atoms with Crippen molar-refractivity contribution < 1.29 is 20.1 Å². The van der Waals surface area contributed by atoms with Crippen molar-refractivity contribution in [3.8, 4) is 0 Å². The van der Waals surface area contributed by atoms with Crippen LogP contribution in [0.2, 0.25) is 0 Å². The number of hydrogen-bond donors (Lipinski definition) is 5. The quantitative estimate of drug-likeness (QED) is 0.423. The molecule has 3 rings (SSSR count). The molecule has 1 aliphatic heterocycles. The number of imidazole rings is 1. The van der Waals surface area contributed by atoms with Gasteiger partial charge in [-0.3, -0.25) is 0 Å². The van der Waals surface area contributed by atoms with Gasteiger partial charge in [0, 0.05) is 0 Å². The lowest BCUT2D eigenvalue weighted by Gasteiger charge is -2.11. The number of nitrogens with two attached hydrogens (primary N) is 1. The average molecular weight is 267 g/mol. The molecular formula is C10H13N5O4. The molecule has 9 heteroatoms. The van der Waals surface area contributed by atoms with E-state index < -0.39 is 31.0 Å². The molecule has 6 N–H and O–H groups in total. The minimum Gasteiger partial charge on any atom is -0.394 e. The Kier molecular flexibility index (Phi) is 2.82. The van der Waals surface area contributed by atoms with Crippen LogP contribution in [0.4, 0.5) is 5.82 Å². The molecule has 0 amide bonds. The third-order valence-corrected chi connectivity index (χ3v) is 3.15. The predicted molar refractivity (Wildman–Crippen MR) is 62.8 cm³/mol. The molecule has 1 fully saturated rings. The summed E-state index contributed by atoms with van der Waals surface area (Å²) in [6, 6.07) is 0. The fraction of sp³-hybridized carbons (Fsp3) is 0.500. The van der Waals surface area contributed by atoms with Crippen LogP contribution in [0.1, 0.15) is 11.9 Å². The molecule has 2 aromatic rings. The summed E-state index contributed by atoms with van der Waals surface area (Å²) in [6.45, 7) is -0.392. The molecule has 102 valence electrons. The zero-order chi connectivity index (χ0) is 13.6. The normalized spacial score (nSPS) is 31.1. The summed E-state index contributed by atoms with van der Waals surface area (Å²) >= 11 is 0. The van der Waals surface area contributed by atoms with Gasteiger partial charge in [0.1, 0.15) is 42.1 Å². The standard InChI is InChI=1S/C10H13N5O4/c11-8-4-9(13-2-12-8)15-10(14-4)7-6(18)5(17)3(1-16)19-7/h2-3,5-7,16-18H,1H2,(H3,11,12,13,14,15)/t3-,5+,6-,7-/m0/s1. The molecule has 19 heavy (non-hydrogen) atoms. The molecular weight excluding hydrogens is 254 g/mol. The summed E-state index contributed by atoms with van der Waals surface area (Å²) in [7, 11) is 0. The van der Waals surface area contributed by atoms with Gasteiger partial charge >= 0.3 is 0 Å². The third kappa shape index (κ3) is 1.83. The van der Waals surface area contributed by atoms with E-state index in [4.69, 9.17) is 15.6 Å². The number of H-pyrrole nitrogens is 1. The van der Waals surface area contributed by atoms with Crippen LogP contribution in [0.3, 0.4) is 0 Å². The van der Waals surface area contributed by atoms with Crippen LogP contribution >= 0.6 is 0 Å². The maximum atomic E-state index is 9.89. The average Bonchev–Trinajstić information content (AvgIpc) is 2.94. The van der Waals surface area contributed by atoms with Gasteiger partial charge in [-0.2, -0.15) is 0 Å². The van der Waals surface area contributed by atoms with Crippen LogP contribution in [0.5, 0.6) is 0 Å². The molecule has 0 radical (unpaired) electrons. The SMILES string of the molecule is Nc1ncnc2nc([C@H]3O[C@@H](CO)[C@@H](O)[C@@H]3O)[nH]c12. The molecule has 1 saturated heterocycles. The van der Waals surface area contributed by atoms with Crippen molar-refractivity contribution in [2.45, 2.75) is 24.4 Å². The van der Waals surface area contributed by atoms with Crippen molar-refractivity contribution in [2.75, 3.05) is 12.3 Å². The lowest BCUT2D eigenvalue weighted by atomic mass is 10.1. The molecule has 3 heterocycles. The number of fused-ring (bicyclic) bond motifs is 1. The van der Waals surface area contributed by atoms with Gasteiger partial charge < -0.3 is 30.8 Å². The minimum absolute atomic E-state index is 0.232. The minimum atomic E-state index is -1.19. The number of nitrogens with one attached hydrogen (secondary N) is 1. The molecule has 0 spiro atoms. The Morgan fingerprint density at radius 3 is 2.74 bits per heavy atom. The van der Waals surface area contributed by atoms with Gasteiger partial charge in [-0.1, -0.05) is 0 Å². The van der Waals surface area contributed by atoms with Gasteiger partial charge in [0.25, 0.3) is 0 Å². The molecule has 4 atom stereocenters. The highest BCUT2D eigenvalue weighted by Gasteiger charge is 2.44. The predicted octanol–water partition coefficient (Wildman–Crippen LogP) is -1.91. The van der Waals surface area contributed by atoms with Gasteiger partial charge in [0.15, 0.2) is 11.5 Å². The maximum Gasteiger partial charge on any atom is 0.183 e. The molecule has 0 aliphatic carbocycles. The lowest BCUT2D eigenvalue weighted by Crippen LogP contribution is -2.32. The number of aliphatic hydroxyl groups excluding tert-OH is 3. The Bertz CT molecular complexity index is 603. The van der Waals surface area contributed by atoms with Crippen molar-refractivity contribution in [3.63, 3.8) is 0 Å². The largest absolute Gasteiger partial charge is 0.394 e. The Morgan fingerprint density at radius 2 is 2.11 bits per heavy atom. The molecule has 9 nitrogen and oxygen atoms in total. The van der Waals surface area contributed by atoms with E-state index in [1.54, 1.807) is 0 Å². The van der Waals surface area contributed by atoms with Crippen molar-refractivity contribution in [3.05, 3.63) is 12.2 Å². The summed E-state index contributed by atoms with van der Waals surface area (Å²) in [5, 5.41) is 28.6. The van der Waals surface area contributed by atoms with Crippen LogP contribution in [-0.4, -0.2) is 60.2 Å². The first kappa shape index (κ1) is 12.2. The highest BCUT2D eigenvalue weighted by Crippen LogP contribution is 2.32. The molecule has 0 aromatic carbocycles. The first-order valence-corrected chi connectivity index (χ1v) is 5.70. The Hall–Kier alpha value is -1.81. The van der Waals surface area contributed by atoms with E-state index in [9.17, 15) is 10.2 Å². The summed E-state index contributed by atoms with van der Waals surface area (Å²) in [5.41, 5.74) is 6.46. The lowest BCUT2D eigenvalue weighted by molar-refractivity contribution is -0.0249. The van der Waals surface area contributed by atoms with Crippen LogP contribution in [0.25, 0.3) is 11.2 Å². The van der Waals surface area contributed by atoms with Crippen LogP contribution in [0.15, 0.2) is 6.33 Å². The number of rotatable bonds is 2. The van der Waals surface area contributed by atoms with Gasteiger partial charge in [-0.05, 0) is 0 Å². The maximum absolute atomic E-state index is 9.89. The van der Waals surface area contributed by atoms with Gasteiger partial charge in [0.2, 0.25) is 0 Å². The number of hydrogen-bond acceptors (Lipinski definition) is 8. The van der Waals surface area contributed by atoms with Crippen molar-refractivity contribution in [1.82, 2.24) is 19.9 Å². The van der Waals surface area contributed by atoms with E-state index in [0.717, 1.165) is 0 Å². The molecule has 0 saturated carbocycles. The summed E-state index contributed by atoms with van der Waals surface area (Å²) in [4.78, 5) is 14.8. The van der Waals surface area contributed by atoms with Gasteiger partial charge in [0.05, 0.1) is 6.61 Å². The van der Waals surface area contributed by atoms with E-state index in [1.807, 2.05) is 0 Å². The summed E-state index contributed by atoms with van der Waals surface area (Å²) in [6.07, 6.45) is -2.81. The van der Waals surface area contributed by atoms with E-state index in [1.165, 1.54) is 6.33 Å². The molecule has 2 aromatic heterocycles. The highest BCUT2D eigenvalue weighted by molar-refractivity contribution is 5.81. The number of nitrogen functional groups attached to an aromatic ring is 1. The Labute approximate surface area is 107 Å². The number of ether oxygens (including phenoxy) is 1. The van der Waals surface area contributed by atoms with Crippen molar-refractivity contribution >= 4 is 17.0 Å². The van der Waals surface area contributed by atoms with E-state index in [0.29, 0.717) is 11.2 Å². The number of anilines is 1. The summed E-state index contributed by atoms with van der Waals surface area (Å²) < 4.78 is 5.36. The Balaban J connectivity index is 1.99. The van der Waals surface area contributed by atoms with Crippen LogP contribution in [0, 0.1) is 0 Å². The molecule has 0 unspecified atom stereocenters. The fourth-order valence-corrected chi connectivity index (χ4v) is 2.12. The smallest absolute Gasteiger partial charge is 0.183 e. The number of nitrogens with zero attached hydrogens (tertiary/aromatic N) is 3. The zero-order valence-corrected chi connectivity index (χ0v) is 9.76. The van der Waals surface area contributed by atoms with E-state index in [2.05, 4.69) is 19.9 Å². The molecule has 1 aliphatic rings. The summed E-state index contributed by atoms with van der Waals surface area (Å²) in [5.74, 6) is 0.514. The number of aliphatic hydroxyl groups is 3. The highest BCUT2D eigenvalue weighted by atomic mass is 16.6. The Morgan fingerprint density at radius 1 is 1.32 bits per heavy atom. The monoisotopic (exact) mass is 267 g/mol. The second-order valence-electron chi connectivity index (χ2n) is 4.34. The topological polar surface area (TPSA) is 150 Å². The first-order chi connectivity index (χ1) is 9.11. The van der Waals surface area contributed by atoms with Crippen molar-refractivity contribution in [1.29, 1.82) is 0 Å². The first-order valence-electron chi connectivity index (χ1n) is 5.70. The third-order valence-electron chi connectivity index (χ3n) is 3.15. The van der Waals surface area contributed by atoms with Crippen LogP contribution < -0.4 is 5.73 Å². The van der Waals surface area contributed by atoms with E-state index in [-0.39, 0.29) is 11.6 Å². The number of aromatic amines is 1. The second-order valence-corrected chi connectivity index (χ2v) is 4.34. The number of aromatic nitrogens is 4. The van der Waals surface area contributed by atoms with Crippen LogP contribution in [-0.2, 0) is 4.74 Å².